The molecule has 1 aromatic rings. The fraction of sp³-hybridized carbons (Fsp3) is 0.769. The zero-order valence-electron chi connectivity index (χ0n) is 11.7. The average Bonchev–Trinajstić information content (AvgIpc) is 2.84. The summed E-state index contributed by atoms with van der Waals surface area (Å²) in [4.78, 5) is 0. The molecule has 0 spiro atoms. The van der Waals surface area contributed by atoms with Gasteiger partial charge in [0, 0.05) is 24.9 Å². The van der Waals surface area contributed by atoms with Crippen molar-refractivity contribution in [3.63, 3.8) is 0 Å². The number of hydrogen-bond acceptors (Lipinski definition) is 4. The molecular weight excluding hydrogens is 230 g/mol. The third kappa shape index (κ3) is 5.62. The van der Waals surface area contributed by atoms with Gasteiger partial charge in [-0.15, -0.1) is 0 Å². The van der Waals surface area contributed by atoms with E-state index < -0.39 is 0 Å². The summed E-state index contributed by atoms with van der Waals surface area (Å²) in [6, 6.07) is 0.355. The van der Waals surface area contributed by atoms with E-state index in [0.29, 0.717) is 25.9 Å². The van der Waals surface area contributed by atoms with Crippen molar-refractivity contribution in [1.82, 2.24) is 15.1 Å². The Hall–Kier alpha value is -0.910. The van der Waals surface area contributed by atoms with Crippen molar-refractivity contribution in [2.45, 2.75) is 32.9 Å². The Morgan fingerprint density at radius 3 is 2.94 bits per heavy atom. The summed E-state index contributed by atoms with van der Waals surface area (Å²) in [5, 5.41) is 7.77. The lowest BCUT2D eigenvalue weighted by atomic mass is 10.2. The van der Waals surface area contributed by atoms with E-state index >= 15 is 0 Å². The van der Waals surface area contributed by atoms with Gasteiger partial charge in [0.1, 0.15) is 0 Å². The topological polar surface area (TPSA) is 48.3 Å². The van der Waals surface area contributed by atoms with Crippen molar-refractivity contribution >= 4 is 0 Å². The van der Waals surface area contributed by atoms with Gasteiger partial charge in [0.05, 0.1) is 32.6 Å². The van der Waals surface area contributed by atoms with Crippen LogP contribution in [-0.4, -0.2) is 43.3 Å². The largest absolute Gasteiger partial charge is 0.382 e. The highest BCUT2D eigenvalue weighted by Gasteiger charge is 2.06. The van der Waals surface area contributed by atoms with Crippen LogP contribution in [0.2, 0.25) is 0 Å². The fourth-order valence-corrected chi connectivity index (χ4v) is 1.61. The van der Waals surface area contributed by atoms with E-state index in [1.807, 2.05) is 10.9 Å². The van der Waals surface area contributed by atoms with Crippen LogP contribution in [0.15, 0.2) is 12.4 Å². The van der Waals surface area contributed by atoms with Crippen LogP contribution in [0.3, 0.4) is 0 Å². The predicted octanol–water partition coefficient (Wildman–Crippen LogP) is 1.61. The van der Waals surface area contributed by atoms with Gasteiger partial charge in [-0.25, -0.2) is 0 Å². The van der Waals surface area contributed by atoms with E-state index in [1.165, 1.54) is 5.56 Å². The lowest BCUT2D eigenvalue weighted by molar-refractivity contribution is 0.0654. The summed E-state index contributed by atoms with van der Waals surface area (Å²) in [5.41, 5.74) is 1.22. The molecule has 0 amide bonds. The van der Waals surface area contributed by atoms with Gasteiger partial charge in [-0.3, -0.25) is 4.68 Å². The van der Waals surface area contributed by atoms with Gasteiger partial charge in [-0.2, -0.15) is 5.10 Å². The van der Waals surface area contributed by atoms with Crippen molar-refractivity contribution in [2.75, 3.05) is 33.5 Å². The standard InChI is InChI=1S/C13H25N3O2/c1-4-5-14-12(2)13-10-15-16(11-13)6-7-18-9-8-17-3/h10-12,14H,4-9H2,1-3H3. The highest BCUT2D eigenvalue weighted by Crippen LogP contribution is 2.10. The van der Waals surface area contributed by atoms with Crippen molar-refractivity contribution in [2.24, 2.45) is 0 Å². The van der Waals surface area contributed by atoms with Crippen LogP contribution in [0.25, 0.3) is 0 Å². The first-order valence-electron chi connectivity index (χ1n) is 6.60. The Labute approximate surface area is 109 Å². The molecule has 0 aliphatic heterocycles. The van der Waals surface area contributed by atoms with Gasteiger partial charge in [0.25, 0.3) is 0 Å². The van der Waals surface area contributed by atoms with Crippen LogP contribution in [0.5, 0.6) is 0 Å². The van der Waals surface area contributed by atoms with E-state index in [-0.39, 0.29) is 0 Å². The summed E-state index contributed by atoms with van der Waals surface area (Å²) in [6.45, 7) is 8.09. The van der Waals surface area contributed by atoms with Crippen LogP contribution in [-0.2, 0) is 16.0 Å². The molecule has 0 bridgehead atoms. The summed E-state index contributed by atoms with van der Waals surface area (Å²) in [7, 11) is 1.67. The minimum atomic E-state index is 0.355. The molecule has 1 rings (SSSR count). The molecule has 0 saturated heterocycles. The van der Waals surface area contributed by atoms with Gasteiger partial charge in [0.2, 0.25) is 0 Å². The van der Waals surface area contributed by atoms with Crippen LogP contribution in [0.1, 0.15) is 31.9 Å². The molecular formula is C13H25N3O2. The van der Waals surface area contributed by atoms with Crippen LogP contribution in [0.4, 0.5) is 0 Å². The number of methoxy groups -OCH3 is 1. The minimum absolute atomic E-state index is 0.355. The SMILES string of the molecule is CCCNC(C)c1cnn(CCOCCOC)c1. The van der Waals surface area contributed by atoms with Gasteiger partial charge in [-0.1, -0.05) is 6.92 Å². The third-order valence-electron chi connectivity index (χ3n) is 2.75. The van der Waals surface area contributed by atoms with Crippen molar-refractivity contribution in [1.29, 1.82) is 0 Å². The molecule has 0 aliphatic carbocycles. The second-order valence-electron chi connectivity index (χ2n) is 4.32. The fourth-order valence-electron chi connectivity index (χ4n) is 1.61. The highest BCUT2D eigenvalue weighted by atomic mass is 16.5. The Balaban J connectivity index is 2.25. The monoisotopic (exact) mass is 255 g/mol. The smallest absolute Gasteiger partial charge is 0.0701 e. The molecule has 5 nitrogen and oxygen atoms in total. The number of rotatable bonds is 10. The summed E-state index contributed by atoms with van der Waals surface area (Å²) in [5.74, 6) is 0. The van der Waals surface area contributed by atoms with E-state index in [9.17, 15) is 0 Å². The van der Waals surface area contributed by atoms with E-state index in [0.717, 1.165) is 19.5 Å². The van der Waals surface area contributed by atoms with Gasteiger partial charge >= 0.3 is 0 Å². The maximum atomic E-state index is 5.41. The first kappa shape index (κ1) is 15.1. The Bertz CT molecular complexity index is 315. The summed E-state index contributed by atoms with van der Waals surface area (Å²) >= 11 is 0. The predicted molar refractivity (Wildman–Crippen MR) is 71.6 cm³/mol. The van der Waals surface area contributed by atoms with Crippen LogP contribution >= 0.6 is 0 Å². The Morgan fingerprint density at radius 2 is 2.22 bits per heavy atom. The van der Waals surface area contributed by atoms with Gasteiger partial charge in [-0.05, 0) is 19.9 Å². The molecule has 1 heterocycles. The second kappa shape index (κ2) is 9.08. The molecule has 5 heteroatoms. The molecule has 1 N–H and O–H groups in total. The highest BCUT2D eigenvalue weighted by molar-refractivity contribution is 5.09. The van der Waals surface area contributed by atoms with E-state index in [2.05, 4.69) is 30.5 Å². The number of hydrogen-bond donors (Lipinski definition) is 1. The lowest BCUT2D eigenvalue weighted by Gasteiger charge is -2.10. The lowest BCUT2D eigenvalue weighted by Crippen LogP contribution is -2.18. The molecule has 0 aromatic carbocycles. The zero-order chi connectivity index (χ0) is 13.2. The number of nitrogens with zero attached hydrogens (tertiary/aromatic N) is 2. The maximum absolute atomic E-state index is 5.41. The molecule has 0 fully saturated rings. The maximum Gasteiger partial charge on any atom is 0.0701 e. The Kier molecular flexibility index (Phi) is 7.64. The molecule has 0 radical (unpaired) electrons. The summed E-state index contributed by atoms with van der Waals surface area (Å²) < 4.78 is 12.2. The van der Waals surface area contributed by atoms with Gasteiger partial charge in [0.15, 0.2) is 0 Å². The summed E-state index contributed by atoms with van der Waals surface area (Å²) in [6.07, 6.45) is 5.14. The average molecular weight is 255 g/mol. The first-order chi connectivity index (χ1) is 8.77. The minimum Gasteiger partial charge on any atom is -0.382 e. The molecule has 18 heavy (non-hydrogen) atoms. The van der Waals surface area contributed by atoms with E-state index in [1.54, 1.807) is 7.11 Å². The molecule has 1 atom stereocenters. The second-order valence-corrected chi connectivity index (χ2v) is 4.32. The number of ether oxygens (including phenoxy) is 2. The molecule has 1 aromatic heterocycles. The van der Waals surface area contributed by atoms with Crippen molar-refractivity contribution in [3.05, 3.63) is 18.0 Å². The molecule has 0 aliphatic rings. The molecule has 1 unspecified atom stereocenters. The van der Waals surface area contributed by atoms with Crippen LogP contribution < -0.4 is 5.32 Å². The van der Waals surface area contributed by atoms with Gasteiger partial charge < -0.3 is 14.8 Å². The van der Waals surface area contributed by atoms with Crippen molar-refractivity contribution in [3.8, 4) is 0 Å². The Morgan fingerprint density at radius 1 is 1.39 bits per heavy atom. The van der Waals surface area contributed by atoms with Crippen molar-refractivity contribution < 1.29 is 9.47 Å². The van der Waals surface area contributed by atoms with E-state index in [4.69, 9.17) is 9.47 Å². The first-order valence-corrected chi connectivity index (χ1v) is 6.60. The zero-order valence-corrected chi connectivity index (χ0v) is 11.7. The third-order valence-corrected chi connectivity index (χ3v) is 2.75. The normalized spacial score (nSPS) is 12.8. The van der Waals surface area contributed by atoms with Crippen LogP contribution in [0, 0.1) is 0 Å². The molecule has 0 saturated carbocycles. The quantitative estimate of drug-likeness (QED) is 0.645. The number of nitrogens with one attached hydrogen (secondary N) is 1. The molecule has 104 valence electrons. The number of aromatic nitrogens is 2.